The van der Waals surface area contributed by atoms with Crippen molar-refractivity contribution in [3.05, 3.63) is 40.1 Å². The highest BCUT2D eigenvalue weighted by Crippen LogP contribution is 2.34. The molecule has 3 rings (SSSR count). The van der Waals surface area contributed by atoms with Gasteiger partial charge in [-0.3, -0.25) is 0 Å². The Morgan fingerprint density at radius 3 is 1.90 bits per heavy atom. The van der Waals surface area contributed by atoms with Crippen LogP contribution in [-0.4, -0.2) is 5.16 Å². The van der Waals surface area contributed by atoms with Gasteiger partial charge in [0.1, 0.15) is 5.69 Å². The summed E-state index contributed by atoms with van der Waals surface area (Å²) < 4.78 is 5.67. The summed E-state index contributed by atoms with van der Waals surface area (Å²) in [6.45, 7) is 4.53. The lowest BCUT2D eigenvalue weighted by Crippen LogP contribution is -1.83. The van der Waals surface area contributed by atoms with E-state index in [2.05, 4.69) is 49.3 Å². The normalized spacial score (nSPS) is 11.4. The van der Waals surface area contributed by atoms with Crippen LogP contribution in [-0.2, 0) is 12.8 Å². The smallest absolute Gasteiger partial charge is 0.177 e. The Morgan fingerprint density at radius 1 is 0.667 bits per heavy atom. The maximum Gasteiger partial charge on any atom is 0.177 e. The van der Waals surface area contributed by atoms with Gasteiger partial charge in [0.2, 0.25) is 0 Å². The van der Waals surface area contributed by atoms with Crippen molar-refractivity contribution in [2.75, 3.05) is 0 Å². The molecular weight excluding hydrogens is 406 g/mol. The number of rotatable bonds is 15. The van der Waals surface area contributed by atoms with Crippen LogP contribution in [0, 0.1) is 0 Å². The molecule has 30 heavy (non-hydrogen) atoms. The van der Waals surface area contributed by atoms with Crippen LogP contribution in [0.1, 0.15) is 94.2 Å². The second-order valence-electron chi connectivity index (χ2n) is 8.29. The molecule has 2 nitrogen and oxygen atoms in total. The molecule has 0 bridgehead atoms. The highest BCUT2D eigenvalue weighted by atomic mass is 32.1. The quantitative estimate of drug-likeness (QED) is 0.218. The minimum atomic E-state index is 0.898. The summed E-state index contributed by atoms with van der Waals surface area (Å²) in [6, 6.07) is 11.0. The first-order valence-corrected chi connectivity index (χ1v) is 13.6. The second-order valence-corrected chi connectivity index (χ2v) is 10.6. The zero-order valence-corrected chi connectivity index (χ0v) is 20.4. The maximum absolute atomic E-state index is 5.67. The fourth-order valence-electron chi connectivity index (χ4n) is 3.78. The van der Waals surface area contributed by atoms with Gasteiger partial charge in [-0.1, -0.05) is 76.8 Å². The monoisotopic (exact) mass is 443 g/mol. The largest absolute Gasteiger partial charge is 0.355 e. The average Bonchev–Trinajstić information content (AvgIpc) is 3.50. The lowest BCUT2D eigenvalue weighted by Gasteiger charge is -2.00. The topological polar surface area (TPSA) is 26.0 Å². The lowest BCUT2D eigenvalue weighted by atomic mass is 10.1. The van der Waals surface area contributed by atoms with Crippen molar-refractivity contribution in [1.29, 1.82) is 0 Å². The van der Waals surface area contributed by atoms with E-state index in [4.69, 9.17) is 4.52 Å². The van der Waals surface area contributed by atoms with E-state index in [1.165, 1.54) is 103 Å². The van der Waals surface area contributed by atoms with Crippen molar-refractivity contribution in [1.82, 2.24) is 5.16 Å². The Balaban J connectivity index is 1.44. The van der Waals surface area contributed by atoms with Crippen LogP contribution in [0.4, 0.5) is 0 Å². The Kier molecular flexibility index (Phi) is 10.2. The third-order valence-electron chi connectivity index (χ3n) is 5.63. The molecule has 0 unspecified atom stereocenters. The molecular formula is C26H37NOS2. The van der Waals surface area contributed by atoms with E-state index in [9.17, 15) is 0 Å². The summed E-state index contributed by atoms with van der Waals surface area (Å²) in [7, 11) is 0. The van der Waals surface area contributed by atoms with Gasteiger partial charge in [-0.25, -0.2) is 0 Å². The van der Waals surface area contributed by atoms with Crippen molar-refractivity contribution in [2.24, 2.45) is 0 Å². The second kappa shape index (κ2) is 13.1. The Labute approximate surface area is 190 Å². The molecule has 0 spiro atoms. The van der Waals surface area contributed by atoms with Gasteiger partial charge in [-0.05, 0) is 49.9 Å². The fourth-order valence-corrected chi connectivity index (χ4v) is 5.78. The van der Waals surface area contributed by atoms with Gasteiger partial charge in [-0.15, -0.1) is 22.7 Å². The number of hydrogen-bond acceptors (Lipinski definition) is 4. The van der Waals surface area contributed by atoms with Crippen LogP contribution in [0.15, 0.2) is 34.9 Å². The van der Waals surface area contributed by atoms with E-state index in [1.54, 1.807) is 0 Å². The van der Waals surface area contributed by atoms with Crippen LogP contribution in [0.5, 0.6) is 0 Å². The average molecular weight is 444 g/mol. The van der Waals surface area contributed by atoms with Crippen LogP contribution in [0.2, 0.25) is 0 Å². The molecule has 0 radical (unpaired) electrons. The van der Waals surface area contributed by atoms with Crippen molar-refractivity contribution in [3.8, 4) is 21.2 Å². The first kappa shape index (κ1) is 23.3. The molecule has 0 N–H and O–H groups in total. The maximum atomic E-state index is 5.67. The molecule has 4 heteroatoms. The van der Waals surface area contributed by atoms with Gasteiger partial charge in [0, 0.05) is 15.8 Å². The summed E-state index contributed by atoms with van der Waals surface area (Å²) in [4.78, 5) is 5.32. The van der Waals surface area contributed by atoms with Gasteiger partial charge in [0.25, 0.3) is 0 Å². The van der Waals surface area contributed by atoms with Crippen molar-refractivity contribution in [2.45, 2.75) is 97.3 Å². The number of unbranched alkanes of at least 4 members (excludes halogenated alkanes) is 9. The molecule has 0 saturated heterocycles. The molecule has 3 aromatic rings. The minimum Gasteiger partial charge on any atom is -0.355 e. The first-order chi connectivity index (χ1) is 14.8. The molecule has 0 aliphatic heterocycles. The number of aryl methyl sites for hydroxylation is 2. The Bertz CT molecular complexity index is 845. The molecule has 0 aliphatic rings. The molecule has 0 aromatic carbocycles. The fraction of sp³-hybridized carbons (Fsp3) is 0.577. The third-order valence-corrected chi connectivity index (χ3v) is 7.96. The van der Waals surface area contributed by atoms with Crippen LogP contribution < -0.4 is 0 Å². The Hall–Kier alpha value is -1.39. The van der Waals surface area contributed by atoms with Crippen LogP contribution in [0.3, 0.4) is 0 Å². The van der Waals surface area contributed by atoms with E-state index >= 15 is 0 Å². The molecule has 0 amide bonds. The van der Waals surface area contributed by atoms with Crippen LogP contribution in [0.25, 0.3) is 21.2 Å². The molecule has 0 saturated carbocycles. The molecule has 0 fully saturated rings. The first-order valence-electron chi connectivity index (χ1n) is 11.9. The standard InChI is InChI=1S/C26H37NOS2/c1-3-5-7-8-9-10-11-13-15-21-16-18-25(29-21)23-20-24(28-27-23)26-19-17-22(30-26)14-12-6-4-2/h16-20H,3-15H2,1-2H3. The summed E-state index contributed by atoms with van der Waals surface area (Å²) in [5, 5.41) is 4.35. The lowest BCUT2D eigenvalue weighted by molar-refractivity contribution is 0.436. The molecule has 0 aliphatic carbocycles. The molecule has 3 heterocycles. The molecule has 0 atom stereocenters. The van der Waals surface area contributed by atoms with Gasteiger partial charge in [0.05, 0.1) is 9.75 Å². The van der Waals surface area contributed by atoms with E-state index < -0.39 is 0 Å². The minimum absolute atomic E-state index is 0.898. The Morgan fingerprint density at radius 2 is 1.20 bits per heavy atom. The highest BCUT2D eigenvalue weighted by Gasteiger charge is 2.12. The number of hydrogen-bond donors (Lipinski definition) is 0. The van der Waals surface area contributed by atoms with E-state index in [1.807, 2.05) is 22.7 Å². The summed E-state index contributed by atoms with van der Waals surface area (Å²) in [5.74, 6) is 0.898. The molecule has 3 aromatic heterocycles. The van der Waals surface area contributed by atoms with Gasteiger partial charge in [-0.2, -0.15) is 0 Å². The number of thiophene rings is 2. The zero-order chi connectivity index (χ0) is 21.0. The van der Waals surface area contributed by atoms with Crippen molar-refractivity contribution < 1.29 is 4.52 Å². The zero-order valence-electron chi connectivity index (χ0n) is 18.8. The predicted molar refractivity (Wildman–Crippen MR) is 133 cm³/mol. The number of aromatic nitrogens is 1. The summed E-state index contributed by atoms with van der Waals surface area (Å²) in [6.07, 6.45) is 17.2. The van der Waals surface area contributed by atoms with Gasteiger partial charge < -0.3 is 4.52 Å². The molecule has 164 valence electrons. The van der Waals surface area contributed by atoms with Gasteiger partial charge in [0.15, 0.2) is 5.76 Å². The van der Waals surface area contributed by atoms with Gasteiger partial charge >= 0.3 is 0 Å². The highest BCUT2D eigenvalue weighted by molar-refractivity contribution is 7.15. The third kappa shape index (κ3) is 7.39. The predicted octanol–water partition coefficient (Wildman–Crippen LogP) is 9.55. The van der Waals surface area contributed by atoms with E-state index in [0.717, 1.165) is 11.5 Å². The number of nitrogens with zero attached hydrogens (tertiary/aromatic N) is 1. The van der Waals surface area contributed by atoms with Crippen molar-refractivity contribution in [3.63, 3.8) is 0 Å². The SMILES string of the molecule is CCCCCCCCCCc1ccc(-c2cc(-c3ccc(CCCCC)s3)on2)s1. The van der Waals surface area contributed by atoms with Crippen molar-refractivity contribution >= 4 is 22.7 Å². The summed E-state index contributed by atoms with van der Waals surface area (Å²) in [5.41, 5.74) is 0.970. The summed E-state index contributed by atoms with van der Waals surface area (Å²) >= 11 is 3.71. The van der Waals surface area contributed by atoms with E-state index in [-0.39, 0.29) is 0 Å². The van der Waals surface area contributed by atoms with E-state index in [0.29, 0.717) is 0 Å². The van der Waals surface area contributed by atoms with Crippen LogP contribution >= 0.6 is 22.7 Å².